The van der Waals surface area contributed by atoms with E-state index in [4.69, 9.17) is 4.74 Å². The fraction of sp³-hybridized carbons (Fsp3) is 0.125. The highest BCUT2D eigenvalue weighted by molar-refractivity contribution is 9.10. The lowest BCUT2D eigenvalue weighted by atomic mass is 10.2. The Balaban J connectivity index is 1.64. The second kappa shape index (κ2) is 9.68. The number of carbonyl (C=O) groups excluding carboxylic acids is 4. The third kappa shape index (κ3) is 6.30. The predicted molar refractivity (Wildman–Crippen MR) is 97.4 cm³/mol. The zero-order chi connectivity index (χ0) is 18.9. The van der Waals surface area contributed by atoms with Gasteiger partial charge in [0.1, 0.15) is 6.54 Å². The van der Waals surface area contributed by atoms with E-state index in [0.717, 1.165) is 4.47 Å². The van der Waals surface area contributed by atoms with Crippen LogP contribution in [0.1, 0.15) is 20.0 Å². The molecule has 0 fully saturated rings. The second-order valence-electron chi connectivity index (χ2n) is 4.83. The van der Waals surface area contributed by atoms with Crippen molar-refractivity contribution in [3.05, 3.63) is 56.7 Å². The number of ether oxygens (including phenoxy) is 1. The molecule has 2 rings (SSSR count). The summed E-state index contributed by atoms with van der Waals surface area (Å²) in [6, 6.07) is 9.87. The molecule has 0 radical (unpaired) electrons. The van der Waals surface area contributed by atoms with Crippen molar-refractivity contribution in [1.29, 1.82) is 0 Å². The van der Waals surface area contributed by atoms with Crippen molar-refractivity contribution in [3.63, 3.8) is 0 Å². The van der Waals surface area contributed by atoms with E-state index in [2.05, 4.69) is 32.1 Å². The van der Waals surface area contributed by atoms with E-state index in [-0.39, 0.29) is 6.54 Å². The molecule has 1 aromatic carbocycles. The third-order valence-corrected chi connectivity index (χ3v) is 4.32. The van der Waals surface area contributed by atoms with E-state index in [0.29, 0.717) is 10.4 Å². The maximum Gasteiger partial charge on any atom is 0.325 e. The van der Waals surface area contributed by atoms with Gasteiger partial charge in [0.15, 0.2) is 6.61 Å². The average molecular weight is 440 g/mol. The van der Waals surface area contributed by atoms with Gasteiger partial charge in [-0.3, -0.25) is 30.0 Å². The molecule has 10 heteroatoms. The van der Waals surface area contributed by atoms with Crippen molar-refractivity contribution in [3.8, 4) is 0 Å². The van der Waals surface area contributed by atoms with Crippen molar-refractivity contribution >= 4 is 51.0 Å². The molecule has 8 nitrogen and oxygen atoms in total. The summed E-state index contributed by atoms with van der Waals surface area (Å²) >= 11 is 4.47. The summed E-state index contributed by atoms with van der Waals surface area (Å²) in [6.45, 7) is -0.971. The fourth-order valence-electron chi connectivity index (χ4n) is 1.68. The minimum Gasteiger partial charge on any atom is -0.454 e. The Morgan fingerprint density at radius 1 is 1.00 bits per heavy atom. The van der Waals surface area contributed by atoms with Crippen LogP contribution in [-0.2, 0) is 14.3 Å². The third-order valence-electron chi connectivity index (χ3n) is 2.92. The molecule has 0 unspecified atom stereocenters. The summed E-state index contributed by atoms with van der Waals surface area (Å²) < 4.78 is 5.53. The van der Waals surface area contributed by atoms with Crippen molar-refractivity contribution < 1.29 is 23.9 Å². The number of benzene rings is 1. The zero-order valence-corrected chi connectivity index (χ0v) is 15.7. The van der Waals surface area contributed by atoms with Crippen LogP contribution in [0.3, 0.4) is 0 Å². The molecule has 0 aliphatic heterocycles. The lowest BCUT2D eigenvalue weighted by molar-refractivity contribution is -0.147. The van der Waals surface area contributed by atoms with E-state index >= 15 is 0 Å². The smallest absolute Gasteiger partial charge is 0.325 e. The Hall–Kier alpha value is -2.72. The molecule has 0 saturated heterocycles. The second-order valence-corrected chi connectivity index (χ2v) is 6.69. The Kier molecular flexibility index (Phi) is 7.30. The van der Waals surface area contributed by atoms with Crippen LogP contribution in [0, 0.1) is 0 Å². The van der Waals surface area contributed by atoms with Crippen molar-refractivity contribution in [2.45, 2.75) is 0 Å². The van der Waals surface area contributed by atoms with Crippen LogP contribution in [0.15, 0.2) is 46.3 Å². The molecular formula is C16H14BrN3O5S. The summed E-state index contributed by atoms with van der Waals surface area (Å²) in [5.74, 6) is -2.40. The Morgan fingerprint density at radius 2 is 1.73 bits per heavy atom. The molecule has 0 spiro atoms. The first-order valence-corrected chi connectivity index (χ1v) is 8.95. The van der Waals surface area contributed by atoms with E-state index in [1.54, 1.807) is 41.8 Å². The summed E-state index contributed by atoms with van der Waals surface area (Å²) in [6.07, 6.45) is 0. The van der Waals surface area contributed by atoms with Gasteiger partial charge < -0.3 is 10.1 Å². The fourth-order valence-corrected chi connectivity index (χ4v) is 2.57. The molecule has 26 heavy (non-hydrogen) atoms. The molecule has 136 valence electrons. The quantitative estimate of drug-likeness (QED) is 0.462. The number of carbonyl (C=O) groups is 4. The van der Waals surface area contributed by atoms with Gasteiger partial charge in [0.25, 0.3) is 17.7 Å². The zero-order valence-electron chi connectivity index (χ0n) is 13.3. The number of thiophene rings is 1. The van der Waals surface area contributed by atoms with Gasteiger partial charge in [0.05, 0.1) is 4.88 Å². The molecule has 3 amide bonds. The average Bonchev–Trinajstić information content (AvgIpc) is 3.17. The topological polar surface area (TPSA) is 114 Å². The molecule has 0 aliphatic rings. The number of halogens is 1. The Bertz CT molecular complexity index is 793. The molecule has 0 atom stereocenters. The number of nitrogens with one attached hydrogen (secondary N) is 3. The first-order chi connectivity index (χ1) is 12.5. The lowest BCUT2D eigenvalue weighted by Crippen LogP contribution is -2.43. The lowest BCUT2D eigenvalue weighted by Gasteiger charge is -2.08. The van der Waals surface area contributed by atoms with Crippen molar-refractivity contribution in [2.75, 3.05) is 13.2 Å². The molecule has 0 bridgehead atoms. The number of esters is 1. The molecule has 0 saturated carbocycles. The Labute approximate surface area is 161 Å². The molecule has 3 N–H and O–H groups in total. The van der Waals surface area contributed by atoms with Crippen LogP contribution in [0.4, 0.5) is 0 Å². The number of hydrogen-bond donors (Lipinski definition) is 3. The predicted octanol–water partition coefficient (Wildman–Crippen LogP) is 1.24. The van der Waals surface area contributed by atoms with Crippen LogP contribution in [0.5, 0.6) is 0 Å². The van der Waals surface area contributed by atoms with Gasteiger partial charge in [-0.1, -0.05) is 22.0 Å². The minimum absolute atomic E-state index is 0.384. The molecule has 1 aromatic heterocycles. The number of hydrazine groups is 1. The number of amides is 3. The highest BCUT2D eigenvalue weighted by atomic mass is 79.9. The van der Waals surface area contributed by atoms with E-state index in [1.807, 2.05) is 0 Å². The minimum atomic E-state index is -0.782. The first-order valence-electron chi connectivity index (χ1n) is 7.28. The number of rotatable bonds is 6. The van der Waals surface area contributed by atoms with Crippen LogP contribution < -0.4 is 16.2 Å². The largest absolute Gasteiger partial charge is 0.454 e. The normalized spacial score (nSPS) is 9.88. The van der Waals surface area contributed by atoms with Gasteiger partial charge in [0.2, 0.25) is 0 Å². The maximum atomic E-state index is 11.8. The maximum absolute atomic E-state index is 11.8. The summed E-state index contributed by atoms with van der Waals surface area (Å²) in [7, 11) is 0. The summed E-state index contributed by atoms with van der Waals surface area (Å²) in [5.41, 5.74) is 4.70. The van der Waals surface area contributed by atoms with Gasteiger partial charge in [0, 0.05) is 10.0 Å². The van der Waals surface area contributed by atoms with Gasteiger partial charge in [-0.25, -0.2) is 0 Å². The summed E-state index contributed by atoms with van der Waals surface area (Å²) in [4.78, 5) is 46.9. The summed E-state index contributed by atoms with van der Waals surface area (Å²) in [5, 5.41) is 4.11. The first kappa shape index (κ1) is 19.6. The van der Waals surface area contributed by atoms with E-state index in [9.17, 15) is 19.2 Å². The van der Waals surface area contributed by atoms with Crippen molar-refractivity contribution in [1.82, 2.24) is 16.2 Å². The highest BCUT2D eigenvalue weighted by Crippen LogP contribution is 2.10. The Morgan fingerprint density at radius 3 is 2.38 bits per heavy atom. The van der Waals surface area contributed by atoms with Gasteiger partial charge in [-0.2, -0.15) is 0 Å². The molecule has 2 aromatic rings. The van der Waals surface area contributed by atoms with Crippen LogP contribution in [0.2, 0.25) is 0 Å². The monoisotopic (exact) mass is 439 g/mol. The van der Waals surface area contributed by atoms with Gasteiger partial charge in [-0.05, 0) is 35.7 Å². The molecule has 0 aliphatic carbocycles. The van der Waals surface area contributed by atoms with Gasteiger partial charge >= 0.3 is 5.97 Å². The number of hydrogen-bond acceptors (Lipinski definition) is 6. The van der Waals surface area contributed by atoms with E-state index < -0.39 is 30.3 Å². The highest BCUT2D eigenvalue weighted by Gasteiger charge is 2.12. The standard InChI is InChI=1S/C16H14BrN3O5S/c17-11-5-3-10(4-6-11)15(23)18-8-14(22)25-9-13(21)19-20-16(24)12-2-1-7-26-12/h1-7H,8-9H2,(H,18,23)(H,19,21)(H,20,24). The van der Waals surface area contributed by atoms with Crippen LogP contribution >= 0.6 is 27.3 Å². The molecular weight excluding hydrogens is 426 g/mol. The van der Waals surface area contributed by atoms with Crippen LogP contribution in [-0.4, -0.2) is 36.8 Å². The molecule has 1 heterocycles. The van der Waals surface area contributed by atoms with E-state index in [1.165, 1.54) is 11.3 Å². The van der Waals surface area contributed by atoms with Crippen LogP contribution in [0.25, 0.3) is 0 Å². The van der Waals surface area contributed by atoms with Gasteiger partial charge in [-0.15, -0.1) is 11.3 Å². The SMILES string of the molecule is O=C(COC(=O)CNC(=O)c1ccc(Br)cc1)NNC(=O)c1cccs1. The van der Waals surface area contributed by atoms with Crippen molar-refractivity contribution in [2.24, 2.45) is 0 Å².